The van der Waals surface area contributed by atoms with Crippen LogP contribution in [-0.2, 0) is 0 Å². The van der Waals surface area contributed by atoms with Crippen molar-refractivity contribution in [3.63, 3.8) is 0 Å². The van der Waals surface area contributed by atoms with Gasteiger partial charge >= 0.3 is 0 Å². The lowest BCUT2D eigenvalue weighted by atomic mass is 10.2. The minimum Gasteiger partial charge on any atom is -0.504 e. The number of phenolic OH excluding ortho intramolecular Hbond substituents is 1. The average molecular weight is 323 g/mol. The van der Waals surface area contributed by atoms with E-state index in [1.54, 1.807) is 24.3 Å². The first kappa shape index (κ1) is 15.3. The van der Waals surface area contributed by atoms with Gasteiger partial charge in [0, 0.05) is 9.79 Å². The maximum Gasteiger partial charge on any atom is 0.160 e. The molecule has 116 valence electrons. The smallest absolute Gasteiger partial charge is 0.160 e. The molecular weight excluding hydrogens is 306 g/mol. The Bertz CT molecular complexity index is 717. The third-order valence-corrected chi connectivity index (χ3v) is 4.50. The van der Waals surface area contributed by atoms with Gasteiger partial charge in [0.1, 0.15) is 0 Å². The van der Waals surface area contributed by atoms with E-state index in [0.717, 1.165) is 0 Å². The van der Waals surface area contributed by atoms with E-state index in [2.05, 4.69) is 53.8 Å². The van der Waals surface area contributed by atoms with Crippen LogP contribution in [0.25, 0.3) is 0 Å². The largest absolute Gasteiger partial charge is 0.504 e. The molecular formula is C19H17NO2S. The van der Waals surface area contributed by atoms with Gasteiger partial charge < -0.3 is 15.2 Å². The standard InChI is InChI=1S/C12H9NS.C7H8O2/c1-3-7-11-9(5-1)13-10-6-2-4-8-12(10)14-11;1-9-7-5-3-2-4-6(7)8/h1-8,13H;2-5,8H,1H3. The number of benzene rings is 3. The number of methoxy groups -OCH3 is 1. The van der Waals surface area contributed by atoms with Crippen LogP contribution >= 0.6 is 11.8 Å². The van der Waals surface area contributed by atoms with Crippen LogP contribution in [0.3, 0.4) is 0 Å². The molecule has 4 rings (SSSR count). The third-order valence-electron chi connectivity index (χ3n) is 3.35. The summed E-state index contributed by atoms with van der Waals surface area (Å²) in [6.45, 7) is 0. The van der Waals surface area contributed by atoms with Crippen LogP contribution in [-0.4, -0.2) is 12.2 Å². The Hall–Kier alpha value is -2.59. The maximum absolute atomic E-state index is 8.99. The summed E-state index contributed by atoms with van der Waals surface area (Å²) in [6.07, 6.45) is 0. The third kappa shape index (κ3) is 3.60. The zero-order valence-electron chi connectivity index (χ0n) is 12.7. The molecule has 4 heteroatoms. The second kappa shape index (κ2) is 7.11. The molecule has 2 N–H and O–H groups in total. The van der Waals surface area contributed by atoms with Gasteiger partial charge in [0.05, 0.1) is 18.5 Å². The first-order valence-electron chi connectivity index (χ1n) is 7.23. The molecule has 0 radical (unpaired) electrons. The molecule has 0 atom stereocenters. The first-order valence-corrected chi connectivity index (χ1v) is 8.04. The molecule has 1 aliphatic rings. The Kier molecular flexibility index (Phi) is 4.74. The number of anilines is 2. The zero-order chi connectivity index (χ0) is 16.1. The molecule has 1 aliphatic heterocycles. The number of aromatic hydroxyl groups is 1. The Labute approximate surface area is 139 Å². The van der Waals surface area contributed by atoms with Gasteiger partial charge in [-0.2, -0.15) is 0 Å². The summed E-state index contributed by atoms with van der Waals surface area (Å²) in [6, 6.07) is 23.6. The van der Waals surface area contributed by atoms with Crippen LogP contribution in [0.5, 0.6) is 11.5 Å². The van der Waals surface area contributed by atoms with Crippen molar-refractivity contribution < 1.29 is 9.84 Å². The van der Waals surface area contributed by atoms with Crippen molar-refractivity contribution in [2.75, 3.05) is 12.4 Å². The first-order chi connectivity index (χ1) is 11.3. The molecule has 0 bridgehead atoms. The number of hydrogen-bond acceptors (Lipinski definition) is 4. The van der Waals surface area contributed by atoms with Crippen molar-refractivity contribution in [2.45, 2.75) is 9.79 Å². The lowest BCUT2D eigenvalue weighted by Gasteiger charge is -2.19. The quantitative estimate of drug-likeness (QED) is 0.499. The Morgan fingerprint density at radius 1 is 0.783 bits per heavy atom. The van der Waals surface area contributed by atoms with Crippen LogP contribution < -0.4 is 10.1 Å². The molecule has 0 aliphatic carbocycles. The topological polar surface area (TPSA) is 41.5 Å². The van der Waals surface area contributed by atoms with E-state index < -0.39 is 0 Å². The summed E-state index contributed by atoms with van der Waals surface area (Å²) in [7, 11) is 1.52. The van der Waals surface area contributed by atoms with E-state index in [1.165, 1.54) is 28.3 Å². The molecule has 1 heterocycles. The fourth-order valence-corrected chi connectivity index (χ4v) is 3.20. The number of para-hydroxylation sites is 4. The van der Waals surface area contributed by atoms with Gasteiger partial charge in [0.25, 0.3) is 0 Å². The zero-order valence-corrected chi connectivity index (χ0v) is 13.5. The van der Waals surface area contributed by atoms with Crippen LogP contribution in [0, 0.1) is 0 Å². The molecule has 0 amide bonds. The van der Waals surface area contributed by atoms with Crippen molar-refractivity contribution >= 4 is 23.1 Å². The fourth-order valence-electron chi connectivity index (χ4n) is 2.21. The Morgan fingerprint density at radius 3 is 1.83 bits per heavy atom. The summed E-state index contributed by atoms with van der Waals surface area (Å²) < 4.78 is 4.79. The summed E-state index contributed by atoms with van der Waals surface area (Å²) in [5, 5.41) is 12.4. The highest BCUT2D eigenvalue weighted by Crippen LogP contribution is 2.43. The molecule has 0 saturated carbocycles. The van der Waals surface area contributed by atoms with Crippen molar-refractivity contribution in [2.24, 2.45) is 0 Å². The number of rotatable bonds is 1. The minimum absolute atomic E-state index is 0.181. The van der Waals surface area contributed by atoms with Crippen molar-refractivity contribution in [3.8, 4) is 11.5 Å². The van der Waals surface area contributed by atoms with Crippen LogP contribution in [0.1, 0.15) is 0 Å². The number of hydrogen-bond donors (Lipinski definition) is 2. The Balaban J connectivity index is 0.000000151. The van der Waals surface area contributed by atoms with Crippen molar-refractivity contribution in [3.05, 3.63) is 72.8 Å². The fraction of sp³-hybridized carbons (Fsp3) is 0.0526. The average Bonchev–Trinajstić information content (AvgIpc) is 2.61. The van der Waals surface area contributed by atoms with E-state index in [9.17, 15) is 0 Å². The SMILES string of the molecule is COc1ccccc1O.c1ccc2c(c1)Nc1ccccc1S2. The van der Waals surface area contributed by atoms with Crippen LogP contribution in [0.2, 0.25) is 0 Å². The Morgan fingerprint density at radius 2 is 1.30 bits per heavy atom. The van der Waals surface area contributed by atoms with Gasteiger partial charge in [0.15, 0.2) is 11.5 Å². The van der Waals surface area contributed by atoms with E-state index in [-0.39, 0.29) is 5.75 Å². The predicted octanol–water partition coefficient (Wildman–Crippen LogP) is 5.30. The molecule has 0 spiro atoms. The van der Waals surface area contributed by atoms with Crippen molar-refractivity contribution in [1.82, 2.24) is 0 Å². The number of fused-ring (bicyclic) bond motifs is 2. The van der Waals surface area contributed by atoms with Crippen LogP contribution in [0.15, 0.2) is 82.6 Å². The highest BCUT2D eigenvalue weighted by Gasteiger charge is 2.13. The van der Waals surface area contributed by atoms with Gasteiger partial charge in [-0.3, -0.25) is 0 Å². The van der Waals surface area contributed by atoms with Gasteiger partial charge in [0.2, 0.25) is 0 Å². The lowest BCUT2D eigenvalue weighted by molar-refractivity contribution is 0.373. The normalized spacial score (nSPS) is 11.2. The monoisotopic (exact) mass is 323 g/mol. The molecule has 23 heavy (non-hydrogen) atoms. The summed E-state index contributed by atoms with van der Waals surface area (Å²) in [5.41, 5.74) is 2.41. The van der Waals surface area contributed by atoms with Gasteiger partial charge in [-0.25, -0.2) is 0 Å². The van der Waals surface area contributed by atoms with Gasteiger partial charge in [-0.1, -0.05) is 48.2 Å². The number of phenols is 1. The summed E-state index contributed by atoms with van der Waals surface area (Å²) in [5.74, 6) is 0.692. The number of nitrogens with one attached hydrogen (secondary N) is 1. The van der Waals surface area contributed by atoms with Crippen LogP contribution in [0.4, 0.5) is 11.4 Å². The lowest BCUT2D eigenvalue weighted by Crippen LogP contribution is -1.98. The van der Waals surface area contributed by atoms with Crippen molar-refractivity contribution in [1.29, 1.82) is 0 Å². The maximum atomic E-state index is 8.99. The van der Waals surface area contributed by atoms with E-state index >= 15 is 0 Å². The molecule has 3 aromatic carbocycles. The highest BCUT2D eigenvalue weighted by molar-refractivity contribution is 7.99. The molecule has 0 saturated heterocycles. The van der Waals surface area contributed by atoms with E-state index in [1.807, 2.05) is 11.8 Å². The highest BCUT2D eigenvalue weighted by atomic mass is 32.2. The summed E-state index contributed by atoms with van der Waals surface area (Å²) >= 11 is 1.82. The van der Waals surface area contributed by atoms with E-state index in [0.29, 0.717) is 5.75 Å². The van der Waals surface area contributed by atoms with Gasteiger partial charge in [-0.15, -0.1) is 0 Å². The molecule has 0 fully saturated rings. The minimum atomic E-state index is 0.181. The molecule has 3 nitrogen and oxygen atoms in total. The van der Waals surface area contributed by atoms with Gasteiger partial charge in [-0.05, 0) is 36.4 Å². The predicted molar refractivity (Wildman–Crippen MR) is 94.9 cm³/mol. The number of ether oxygens (including phenoxy) is 1. The molecule has 0 unspecified atom stereocenters. The second-order valence-corrected chi connectivity index (χ2v) is 5.98. The molecule has 3 aromatic rings. The summed E-state index contributed by atoms with van der Waals surface area (Å²) in [4.78, 5) is 2.59. The molecule has 0 aromatic heterocycles. The second-order valence-electron chi connectivity index (χ2n) is 4.89. The van der Waals surface area contributed by atoms with E-state index in [4.69, 9.17) is 9.84 Å².